The van der Waals surface area contributed by atoms with E-state index in [1.807, 2.05) is 0 Å². The zero-order valence-corrected chi connectivity index (χ0v) is 15.3. The molecule has 0 saturated heterocycles. The molecule has 0 radical (unpaired) electrons. The van der Waals surface area contributed by atoms with Gasteiger partial charge in [-0.25, -0.2) is 0 Å². The number of alkyl halides is 2. The Kier molecular flexibility index (Phi) is 3.83. The average Bonchev–Trinajstić information content (AvgIpc) is 3.04. The van der Waals surface area contributed by atoms with Crippen molar-refractivity contribution in [3.05, 3.63) is 81.9 Å². The van der Waals surface area contributed by atoms with Gasteiger partial charge in [0.2, 0.25) is 0 Å². The molecular formula is C20H16Br2. The Morgan fingerprint density at radius 2 is 1.05 bits per heavy atom. The molecule has 0 spiro atoms. The minimum Gasteiger partial charge on any atom is -0.0790 e. The van der Waals surface area contributed by atoms with E-state index >= 15 is 0 Å². The standard InChI is InChI=1S/C20H16Br2/c21-19-15(11-13-5-1-3-7-17(13)19)9-10-16-12-14-6-2-4-8-18(14)20(16)22/h1-8,11-12,19-20H,9-10H2. The van der Waals surface area contributed by atoms with Crippen LogP contribution in [0.4, 0.5) is 0 Å². The third kappa shape index (κ3) is 2.43. The maximum atomic E-state index is 3.86. The molecule has 0 nitrogen and oxygen atoms in total. The van der Waals surface area contributed by atoms with Crippen molar-refractivity contribution in [2.75, 3.05) is 0 Å². The van der Waals surface area contributed by atoms with Gasteiger partial charge in [-0.05, 0) is 35.1 Å². The van der Waals surface area contributed by atoms with Crippen molar-refractivity contribution in [2.45, 2.75) is 22.5 Å². The fourth-order valence-electron chi connectivity index (χ4n) is 3.38. The molecule has 110 valence electrons. The molecule has 0 fully saturated rings. The van der Waals surface area contributed by atoms with Crippen LogP contribution in [-0.4, -0.2) is 0 Å². The summed E-state index contributed by atoms with van der Waals surface area (Å²) in [7, 11) is 0. The molecule has 2 aliphatic carbocycles. The molecule has 2 heteroatoms. The summed E-state index contributed by atoms with van der Waals surface area (Å²) in [6.45, 7) is 0. The van der Waals surface area contributed by atoms with Gasteiger partial charge in [0, 0.05) is 0 Å². The number of rotatable bonds is 3. The van der Waals surface area contributed by atoms with E-state index in [9.17, 15) is 0 Å². The van der Waals surface area contributed by atoms with Gasteiger partial charge < -0.3 is 0 Å². The van der Waals surface area contributed by atoms with Gasteiger partial charge in [0.05, 0.1) is 9.65 Å². The van der Waals surface area contributed by atoms with E-state index in [4.69, 9.17) is 0 Å². The van der Waals surface area contributed by atoms with Crippen LogP contribution in [0.2, 0.25) is 0 Å². The smallest absolute Gasteiger partial charge is 0.0613 e. The molecule has 2 unspecified atom stereocenters. The number of hydrogen-bond donors (Lipinski definition) is 0. The van der Waals surface area contributed by atoms with Crippen molar-refractivity contribution in [2.24, 2.45) is 0 Å². The lowest BCUT2D eigenvalue weighted by Gasteiger charge is -2.12. The molecule has 0 aliphatic heterocycles. The van der Waals surface area contributed by atoms with Crippen molar-refractivity contribution >= 4 is 44.0 Å². The monoisotopic (exact) mass is 414 g/mol. The summed E-state index contributed by atoms with van der Waals surface area (Å²) in [4.78, 5) is 0.753. The van der Waals surface area contributed by atoms with E-state index in [1.165, 1.54) is 33.4 Å². The molecule has 0 aromatic heterocycles. The molecule has 2 aromatic rings. The molecule has 0 N–H and O–H groups in total. The predicted molar refractivity (Wildman–Crippen MR) is 101 cm³/mol. The number of benzene rings is 2. The summed E-state index contributed by atoms with van der Waals surface area (Å²) in [6.07, 6.45) is 6.90. The Bertz CT molecular complexity index is 718. The first kappa shape index (κ1) is 14.5. The second kappa shape index (κ2) is 5.82. The Morgan fingerprint density at radius 3 is 1.45 bits per heavy atom. The van der Waals surface area contributed by atoms with Crippen LogP contribution in [0.3, 0.4) is 0 Å². The van der Waals surface area contributed by atoms with Gasteiger partial charge in [-0.15, -0.1) is 0 Å². The fraction of sp³-hybridized carbons (Fsp3) is 0.200. The molecule has 2 aromatic carbocycles. The first-order valence-electron chi connectivity index (χ1n) is 7.61. The quantitative estimate of drug-likeness (QED) is 0.481. The van der Waals surface area contributed by atoms with Gasteiger partial charge in [0.1, 0.15) is 0 Å². The third-order valence-electron chi connectivity index (χ3n) is 4.57. The lowest BCUT2D eigenvalue weighted by molar-refractivity contribution is 0.882. The van der Waals surface area contributed by atoms with Crippen LogP contribution in [0, 0.1) is 0 Å². The largest absolute Gasteiger partial charge is 0.0790 e. The van der Waals surface area contributed by atoms with Crippen LogP contribution >= 0.6 is 31.9 Å². The van der Waals surface area contributed by atoms with Crippen molar-refractivity contribution in [3.8, 4) is 0 Å². The van der Waals surface area contributed by atoms with Crippen molar-refractivity contribution in [1.29, 1.82) is 0 Å². The average molecular weight is 416 g/mol. The molecule has 4 rings (SSSR count). The molecule has 2 atom stereocenters. The van der Waals surface area contributed by atoms with Crippen molar-refractivity contribution < 1.29 is 0 Å². The first-order valence-corrected chi connectivity index (χ1v) is 9.44. The molecule has 0 amide bonds. The lowest BCUT2D eigenvalue weighted by Crippen LogP contribution is -1.94. The molecule has 0 saturated carbocycles. The normalized spacial score (nSPS) is 22.1. The summed E-state index contributed by atoms with van der Waals surface area (Å²) in [5, 5.41) is 0. The molecule has 0 heterocycles. The Morgan fingerprint density at radius 1 is 0.636 bits per heavy atom. The van der Waals surface area contributed by atoms with Gasteiger partial charge in [-0.2, -0.15) is 0 Å². The van der Waals surface area contributed by atoms with Crippen LogP contribution < -0.4 is 0 Å². The van der Waals surface area contributed by atoms with Crippen LogP contribution in [-0.2, 0) is 0 Å². The molecule has 22 heavy (non-hydrogen) atoms. The van der Waals surface area contributed by atoms with Gasteiger partial charge >= 0.3 is 0 Å². The van der Waals surface area contributed by atoms with Crippen LogP contribution in [0.5, 0.6) is 0 Å². The van der Waals surface area contributed by atoms with E-state index in [-0.39, 0.29) is 0 Å². The van der Waals surface area contributed by atoms with E-state index in [2.05, 4.69) is 92.5 Å². The highest BCUT2D eigenvalue weighted by Crippen LogP contribution is 2.46. The highest BCUT2D eigenvalue weighted by molar-refractivity contribution is 9.09. The van der Waals surface area contributed by atoms with Crippen LogP contribution in [0.25, 0.3) is 12.2 Å². The van der Waals surface area contributed by atoms with E-state index < -0.39 is 0 Å². The second-order valence-electron chi connectivity index (χ2n) is 5.92. The van der Waals surface area contributed by atoms with Crippen LogP contribution in [0.15, 0.2) is 59.7 Å². The predicted octanol–water partition coefficient (Wildman–Crippen LogP) is 6.83. The maximum Gasteiger partial charge on any atom is 0.0613 e. The summed E-state index contributed by atoms with van der Waals surface area (Å²) in [5.41, 5.74) is 8.49. The Labute approximate surface area is 148 Å². The van der Waals surface area contributed by atoms with Gasteiger partial charge in [0.15, 0.2) is 0 Å². The van der Waals surface area contributed by atoms with Gasteiger partial charge in [-0.3, -0.25) is 0 Å². The third-order valence-corrected chi connectivity index (χ3v) is 6.74. The van der Waals surface area contributed by atoms with E-state index in [1.54, 1.807) is 0 Å². The maximum absolute atomic E-state index is 3.86. The lowest BCUT2D eigenvalue weighted by atomic mass is 10.0. The fourth-order valence-corrected chi connectivity index (χ4v) is 4.93. The van der Waals surface area contributed by atoms with E-state index in [0.29, 0.717) is 9.65 Å². The number of halogens is 2. The highest BCUT2D eigenvalue weighted by Gasteiger charge is 2.25. The minimum absolute atomic E-state index is 0.377. The summed E-state index contributed by atoms with van der Waals surface area (Å²) < 4.78 is 0. The highest BCUT2D eigenvalue weighted by atomic mass is 79.9. The summed E-state index contributed by atoms with van der Waals surface area (Å²) in [6, 6.07) is 17.3. The summed E-state index contributed by atoms with van der Waals surface area (Å²) >= 11 is 7.71. The summed E-state index contributed by atoms with van der Waals surface area (Å²) in [5.74, 6) is 0. The van der Waals surface area contributed by atoms with Gasteiger partial charge in [0.25, 0.3) is 0 Å². The second-order valence-corrected chi connectivity index (χ2v) is 7.75. The SMILES string of the molecule is BrC1C(CCC2=Cc3ccccc3C2Br)=Cc2ccccc21. The number of allylic oxidation sites excluding steroid dienone is 2. The Balaban J connectivity index is 1.50. The van der Waals surface area contributed by atoms with Crippen molar-refractivity contribution in [1.82, 2.24) is 0 Å². The van der Waals surface area contributed by atoms with Crippen LogP contribution in [0.1, 0.15) is 44.7 Å². The topological polar surface area (TPSA) is 0 Å². The molecular weight excluding hydrogens is 400 g/mol. The minimum atomic E-state index is 0.377. The number of hydrogen-bond acceptors (Lipinski definition) is 0. The Hall–Kier alpha value is -1.12. The molecule has 2 aliphatic rings. The molecule has 0 bridgehead atoms. The van der Waals surface area contributed by atoms with Crippen molar-refractivity contribution in [3.63, 3.8) is 0 Å². The zero-order chi connectivity index (χ0) is 15.1. The first-order chi connectivity index (χ1) is 10.7. The zero-order valence-electron chi connectivity index (χ0n) is 12.1. The van der Waals surface area contributed by atoms with E-state index in [0.717, 1.165) is 12.8 Å². The van der Waals surface area contributed by atoms with Gasteiger partial charge in [-0.1, -0.05) is 104 Å². The number of fused-ring (bicyclic) bond motifs is 2.